The highest BCUT2D eigenvalue weighted by atomic mass is 32.1. The summed E-state index contributed by atoms with van der Waals surface area (Å²) in [6.07, 6.45) is 1.74. The van der Waals surface area contributed by atoms with Gasteiger partial charge in [-0.3, -0.25) is 0 Å². The molecule has 72 valence electrons. The second-order valence-electron chi connectivity index (χ2n) is 2.96. The number of anilines is 1. The van der Waals surface area contributed by atoms with Gasteiger partial charge in [0.25, 0.3) is 0 Å². The molecule has 0 aliphatic rings. The Morgan fingerprint density at radius 2 is 2.07 bits per heavy atom. The van der Waals surface area contributed by atoms with E-state index in [1.54, 1.807) is 6.20 Å². The quantitative estimate of drug-likeness (QED) is 0.772. The fraction of sp³-hybridized carbons (Fsp3) is 0.222. The van der Waals surface area contributed by atoms with E-state index in [-0.39, 0.29) is 0 Å². The van der Waals surface area contributed by atoms with Crippen molar-refractivity contribution in [2.45, 2.75) is 13.8 Å². The Hall–Kier alpha value is -1.49. The summed E-state index contributed by atoms with van der Waals surface area (Å²) in [5, 5.41) is 0.578. The van der Waals surface area contributed by atoms with Crippen molar-refractivity contribution >= 4 is 16.5 Å². The summed E-state index contributed by atoms with van der Waals surface area (Å²) in [5.74, 6) is 0.758. The maximum Gasteiger partial charge on any atom is 0.180 e. The number of aromatic nitrogens is 3. The Balaban J connectivity index is 2.54. The van der Waals surface area contributed by atoms with E-state index in [9.17, 15) is 0 Å². The van der Waals surface area contributed by atoms with Gasteiger partial charge in [0.15, 0.2) is 5.13 Å². The monoisotopic (exact) mass is 206 g/mol. The number of hydrogen-bond acceptors (Lipinski definition) is 5. The smallest absolute Gasteiger partial charge is 0.180 e. The molecule has 5 heteroatoms. The first-order valence-electron chi connectivity index (χ1n) is 4.20. The largest absolute Gasteiger partial charge is 0.375 e. The minimum Gasteiger partial charge on any atom is -0.375 e. The molecule has 0 spiro atoms. The molecule has 2 N–H and O–H groups in total. The Morgan fingerprint density at radius 1 is 1.29 bits per heavy atom. The third-order valence-corrected chi connectivity index (χ3v) is 2.83. The van der Waals surface area contributed by atoms with Gasteiger partial charge in [0.05, 0.1) is 16.3 Å². The summed E-state index contributed by atoms with van der Waals surface area (Å²) in [7, 11) is 0. The van der Waals surface area contributed by atoms with Crippen LogP contribution in [0.25, 0.3) is 10.6 Å². The Morgan fingerprint density at radius 3 is 2.64 bits per heavy atom. The zero-order chi connectivity index (χ0) is 10.1. The predicted octanol–water partition coefficient (Wildman–Crippen LogP) is 1.80. The van der Waals surface area contributed by atoms with E-state index in [0.717, 1.165) is 22.1 Å². The van der Waals surface area contributed by atoms with E-state index in [2.05, 4.69) is 15.0 Å². The number of aryl methyl sites for hydroxylation is 2. The molecule has 2 aromatic heterocycles. The topological polar surface area (TPSA) is 64.7 Å². The first-order chi connectivity index (χ1) is 6.66. The highest BCUT2D eigenvalue weighted by molar-refractivity contribution is 7.18. The van der Waals surface area contributed by atoms with Gasteiger partial charge in [-0.1, -0.05) is 11.3 Å². The number of nitrogen functional groups attached to an aromatic ring is 1. The van der Waals surface area contributed by atoms with Crippen molar-refractivity contribution in [2.24, 2.45) is 0 Å². The van der Waals surface area contributed by atoms with Gasteiger partial charge in [-0.15, -0.1) is 0 Å². The van der Waals surface area contributed by atoms with Gasteiger partial charge in [0.1, 0.15) is 5.82 Å². The van der Waals surface area contributed by atoms with Crippen LogP contribution < -0.4 is 5.73 Å². The van der Waals surface area contributed by atoms with Gasteiger partial charge in [0, 0.05) is 6.20 Å². The first kappa shape index (κ1) is 9.08. The molecule has 0 saturated carbocycles. The lowest BCUT2D eigenvalue weighted by atomic mass is 10.3. The van der Waals surface area contributed by atoms with Crippen LogP contribution in [-0.4, -0.2) is 15.0 Å². The lowest BCUT2D eigenvalue weighted by Crippen LogP contribution is -1.89. The van der Waals surface area contributed by atoms with Crippen LogP contribution in [0.2, 0.25) is 0 Å². The molecule has 0 bridgehead atoms. The molecular formula is C9H10N4S. The van der Waals surface area contributed by atoms with E-state index < -0.39 is 0 Å². The van der Waals surface area contributed by atoms with E-state index in [0.29, 0.717) is 5.13 Å². The van der Waals surface area contributed by atoms with Crippen molar-refractivity contribution in [2.75, 3.05) is 5.73 Å². The van der Waals surface area contributed by atoms with Crippen LogP contribution in [-0.2, 0) is 0 Å². The van der Waals surface area contributed by atoms with Crippen molar-refractivity contribution in [3.05, 3.63) is 23.8 Å². The maximum atomic E-state index is 5.62. The van der Waals surface area contributed by atoms with Crippen LogP contribution in [0.3, 0.4) is 0 Å². The molecule has 0 aliphatic carbocycles. The van der Waals surface area contributed by atoms with E-state index in [1.165, 1.54) is 11.3 Å². The SMILES string of the molecule is Cc1nccc(-c2sc(N)nc2C)n1. The normalized spacial score (nSPS) is 10.4. The summed E-state index contributed by atoms with van der Waals surface area (Å²) in [5.41, 5.74) is 7.43. The number of hydrogen-bond donors (Lipinski definition) is 1. The molecule has 0 radical (unpaired) electrons. The van der Waals surface area contributed by atoms with Crippen molar-refractivity contribution in [3.63, 3.8) is 0 Å². The zero-order valence-corrected chi connectivity index (χ0v) is 8.80. The zero-order valence-electron chi connectivity index (χ0n) is 7.98. The van der Waals surface area contributed by atoms with Crippen LogP contribution in [0.1, 0.15) is 11.5 Å². The van der Waals surface area contributed by atoms with Gasteiger partial charge >= 0.3 is 0 Å². The fourth-order valence-electron chi connectivity index (χ4n) is 1.24. The molecule has 0 fully saturated rings. The Labute approximate surface area is 85.9 Å². The maximum absolute atomic E-state index is 5.62. The number of nitrogens with two attached hydrogens (primary N) is 1. The first-order valence-corrected chi connectivity index (χ1v) is 5.01. The summed E-state index contributed by atoms with van der Waals surface area (Å²) in [6.45, 7) is 3.79. The van der Waals surface area contributed by atoms with E-state index in [1.807, 2.05) is 19.9 Å². The summed E-state index contributed by atoms with van der Waals surface area (Å²) < 4.78 is 0. The molecule has 0 saturated heterocycles. The minimum atomic E-state index is 0.578. The van der Waals surface area contributed by atoms with Crippen molar-refractivity contribution < 1.29 is 0 Å². The highest BCUT2D eigenvalue weighted by Crippen LogP contribution is 2.29. The molecule has 2 aromatic rings. The van der Waals surface area contributed by atoms with Crippen molar-refractivity contribution in [1.82, 2.24) is 15.0 Å². The second kappa shape index (κ2) is 3.34. The van der Waals surface area contributed by atoms with Crippen molar-refractivity contribution in [3.8, 4) is 10.6 Å². The minimum absolute atomic E-state index is 0.578. The molecule has 0 atom stereocenters. The van der Waals surface area contributed by atoms with Gasteiger partial charge in [-0.05, 0) is 19.9 Å². The van der Waals surface area contributed by atoms with Gasteiger partial charge in [-0.2, -0.15) is 0 Å². The van der Waals surface area contributed by atoms with Gasteiger partial charge < -0.3 is 5.73 Å². The van der Waals surface area contributed by atoms with E-state index >= 15 is 0 Å². The average molecular weight is 206 g/mol. The number of thiazole rings is 1. The van der Waals surface area contributed by atoms with Crippen LogP contribution >= 0.6 is 11.3 Å². The fourth-order valence-corrected chi connectivity index (χ4v) is 2.04. The molecule has 0 unspecified atom stereocenters. The van der Waals surface area contributed by atoms with Crippen LogP contribution in [0.5, 0.6) is 0 Å². The van der Waals surface area contributed by atoms with E-state index in [4.69, 9.17) is 5.73 Å². The molecule has 0 aliphatic heterocycles. The summed E-state index contributed by atoms with van der Waals surface area (Å²) in [4.78, 5) is 13.5. The molecule has 2 rings (SSSR count). The third kappa shape index (κ3) is 1.58. The number of nitrogens with zero attached hydrogens (tertiary/aromatic N) is 3. The Kier molecular flexibility index (Phi) is 2.17. The third-order valence-electron chi connectivity index (χ3n) is 1.82. The summed E-state index contributed by atoms with van der Waals surface area (Å²) >= 11 is 1.45. The molecule has 2 heterocycles. The summed E-state index contributed by atoms with van der Waals surface area (Å²) in [6, 6.07) is 1.87. The molecular weight excluding hydrogens is 196 g/mol. The lowest BCUT2D eigenvalue weighted by Gasteiger charge is -1.97. The lowest BCUT2D eigenvalue weighted by molar-refractivity contribution is 1.06. The molecule has 0 amide bonds. The number of rotatable bonds is 1. The van der Waals surface area contributed by atoms with Gasteiger partial charge in [-0.25, -0.2) is 15.0 Å². The van der Waals surface area contributed by atoms with Crippen LogP contribution in [0.15, 0.2) is 12.3 Å². The molecule has 0 aromatic carbocycles. The standard InChI is InChI=1S/C9H10N4S/c1-5-8(14-9(10)12-5)7-3-4-11-6(2)13-7/h3-4H,1-2H3,(H2,10,12). The average Bonchev–Trinajstić information content (AvgIpc) is 2.45. The van der Waals surface area contributed by atoms with Crippen LogP contribution in [0.4, 0.5) is 5.13 Å². The second-order valence-corrected chi connectivity index (χ2v) is 3.99. The highest BCUT2D eigenvalue weighted by Gasteiger charge is 2.08. The van der Waals surface area contributed by atoms with Crippen LogP contribution in [0, 0.1) is 13.8 Å². The predicted molar refractivity (Wildman–Crippen MR) is 57.0 cm³/mol. The Bertz CT molecular complexity index is 464. The van der Waals surface area contributed by atoms with Crippen molar-refractivity contribution in [1.29, 1.82) is 0 Å². The van der Waals surface area contributed by atoms with Gasteiger partial charge in [0.2, 0.25) is 0 Å². The molecule has 4 nitrogen and oxygen atoms in total. The molecule has 14 heavy (non-hydrogen) atoms.